The number of hydrogen-bond acceptors (Lipinski definition) is 4. The molecule has 0 amide bonds. The zero-order valence-electron chi connectivity index (χ0n) is 11.3. The van der Waals surface area contributed by atoms with E-state index >= 15 is 0 Å². The lowest BCUT2D eigenvalue weighted by atomic mass is 10.1. The maximum absolute atomic E-state index is 8.74. The number of hydrogen-bond donors (Lipinski definition) is 3. The maximum Gasteiger partial charge on any atom is 0.133 e. The van der Waals surface area contributed by atoms with Crippen molar-refractivity contribution < 1.29 is 5.11 Å². The number of benzene rings is 1. The molecular formula is C15H21N3O. The Morgan fingerprint density at radius 3 is 2.84 bits per heavy atom. The van der Waals surface area contributed by atoms with E-state index in [0.29, 0.717) is 0 Å². The monoisotopic (exact) mass is 259 g/mol. The van der Waals surface area contributed by atoms with Crippen LogP contribution in [0.3, 0.4) is 0 Å². The number of unbranched alkanes of at least 4 members (excludes halogenated alkanes) is 2. The van der Waals surface area contributed by atoms with Crippen molar-refractivity contribution in [2.75, 3.05) is 24.2 Å². The molecule has 0 spiro atoms. The number of nitrogens with one attached hydrogen (secondary N) is 1. The zero-order chi connectivity index (χ0) is 13.7. The fraction of sp³-hybridized carbons (Fsp3) is 0.400. The molecule has 0 aliphatic rings. The van der Waals surface area contributed by atoms with Gasteiger partial charge in [0.1, 0.15) is 5.82 Å². The minimum atomic E-state index is 0.266. The summed E-state index contributed by atoms with van der Waals surface area (Å²) in [6, 6.07) is 6.03. The van der Waals surface area contributed by atoms with Gasteiger partial charge < -0.3 is 16.2 Å². The van der Waals surface area contributed by atoms with Gasteiger partial charge in [0.2, 0.25) is 0 Å². The van der Waals surface area contributed by atoms with E-state index in [9.17, 15) is 0 Å². The van der Waals surface area contributed by atoms with Crippen molar-refractivity contribution >= 4 is 22.3 Å². The van der Waals surface area contributed by atoms with Gasteiger partial charge in [-0.1, -0.05) is 0 Å². The van der Waals surface area contributed by atoms with Gasteiger partial charge in [0, 0.05) is 35.8 Å². The molecule has 4 N–H and O–H groups in total. The molecule has 102 valence electrons. The SMILES string of the molecule is Cc1cc(N)c2ccnc(NCCCCCO)c2c1. The zero-order valence-corrected chi connectivity index (χ0v) is 11.3. The summed E-state index contributed by atoms with van der Waals surface area (Å²) >= 11 is 0. The van der Waals surface area contributed by atoms with Crippen LogP contribution >= 0.6 is 0 Å². The van der Waals surface area contributed by atoms with Gasteiger partial charge in [0.05, 0.1) is 0 Å². The first-order valence-corrected chi connectivity index (χ1v) is 6.72. The summed E-state index contributed by atoms with van der Waals surface area (Å²) in [5, 5.41) is 14.2. The standard InChI is InChI=1S/C15H21N3O/c1-11-9-13-12(14(16)10-11)5-7-18-15(13)17-6-3-2-4-8-19/h5,7,9-10,19H,2-4,6,8,16H2,1H3,(H,17,18). The average molecular weight is 259 g/mol. The second-order valence-corrected chi connectivity index (χ2v) is 4.82. The molecule has 0 saturated heterocycles. The lowest BCUT2D eigenvalue weighted by Crippen LogP contribution is -2.04. The minimum Gasteiger partial charge on any atom is -0.398 e. The topological polar surface area (TPSA) is 71.2 Å². The van der Waals surface area contributed by atoms with Crippen molar-refractivity contribution in [3.63, 3.8) is 0 Å². The first-order valence-electron chi connectivity index (χ1n) is 6.72. The Kier molecular flexibility index (Phi) is 4.58. The van der Waals surface area contributed by atoms with Crippen LogP contribution in [0.15, 0.2) is 24.4 Å². The van der Waals surface area contributed by atoms with Crippen LogP contribution < -0.4 is 11.1 Å². The Labute approximate surface area is 113 Å². The molecule has 2 aromatic rings. The fourth-order valence-corrected chi connectivity index (χ4v) is 2.22. The number of nitrogen functional groups attached to an aromatic ring is 1. The van der Waals surface area contributed by atoms with E-state index in [-0.39, 0.29) is 6.61 Å². The van der Waals surface area contributed by atoms with E-state index in [1.807, 2.05) is 19.1 Å². The third-order valence-electron chi connectivity index (χ3n) is 3.18. The van der Waals surface area contributed by atoms with Gasteiger partial charge in [-0.15, -0.1) is 0 Å². The number of rotatable bonds is 6. The number of aromatic nitrogens is 1. The van der Waals surface area contributed by atoms with Crippen molar-refractivity contribution in [1.82, 2.24) is 4.98 Å². The number of fused-ring (bicyclic) bond motifs is 1. The summed E-state index contributed by atoms with van der Waals surface area (Å²) < 4.78 is 0. The highest BCUT2D eigenvalue weighted by Crippen LogP contribution is 2.27. The summed E-state index contributed by atoms with van der Waals surface area (Å²) in [7, 11) is 0. The van der Waals surface area contributed by atoms with Crippen LogP contribution in [0.5, 0.6) is 0 Å². The molecule has 0 atom stereocenters. The van der Waals surface area contributed by atoms with E-state index in [1.165, 1.54) is 0 Å². The van der Waals surface area contributed by atoms with Gasteiger partial charge in [-0.2, -0.15) is 0 Å². The second-order valence-electron chi connectivity index (χ2n) is 4.82. The lowest BCUT2D eigenvalue weighted by molar-refractivity contribution is 0.283. The van der Waals surface area contributed by atoms with E-state index in [1.54, 1.807) is 6.20 Å². The largest absolute Gasteiger partial charge is 0.398 e. The molecule has 2 rings (SSSR count). The van der Waals surface area contributed by atoms with Gasteiger partial charge in [0.25, 0.3) is 0 Å². The lowest BCUT2D eigenvalue weighted by Gasteiger charge is -2.10. The molecule has 4 heteroatoms. The molecular weight excluding hydrogens is 238 g/mol. The van der Waals surface area contributed by atoms with E-state index in [0.717, 1.165) is 53.6 Å². The van der Waals surface area contributed by atoms with Crippen molar-refractivity contribution in [1.29, 1.82) is 0 Å². The Morgan fingerprint density at radius 2 is 2.05 bits per heavy atom. The molecule has 0 bridgehead atoms. The smallest absolute Gasteiger partial charge is 0.133 e. The van der Waals surface area contributed by atoms with Crippen LogP contribution in [0, 0.1) is 6.92 Å². The predicted octanol–water partition coefficient (Wildman–Crippen LogP) is 2.70. The molecule has 1 aromatic carbocycles. The van der Waals surface area contributed by atoms with Crippen molar-refractivity contribution in [2.45, 2.75) is 26.2 Å². The number of aliphatic hydroxyl groups excluding tert-OH is 1. The highest BCUT2D eigenvalue weighted by Gasteiger charge is 2.05. The normalized spacial score (nSPS) is 10.8. The number of pyridine rings is 1. The van der Waals surface area contributed by atoms with E-state index in [4.69, 9.17) is 10.8 Å². The molecule has 0 radical (unpaired) electrons. The third-order valence-corrected chi connectivity index (χ3v) is 3.18. The molecule has 1 aromatic heterocycles. The first kappa shape index (κ1) is 13.6. The number of aliphatic hydroxyl groups is 1. The number of nitrogens with zero attached hydrogens (tertiary/aromatic N) is 1. The quantitative estimate of drug-likeness (QED) is 0.551. The number of aryl methyl sites for hydroxylation is 1. The van der Waals surface area contributed by atoms with Crippen molar-refractivity contribution in [3.8, 4) is 0 Å². The second kappa shape index (κ2) is 6.38. The van der Waals surface area contributed by atoms with E-state index < -0.39 is 0 Å². The van der Waals surface area contributed by atoms with Crippen LogP contribution in [0.1, 0.15) is 24.8 Å². The maximum atomic E-state index is 8.74. The van der Waals surface area contributed by atoms with Gasteiger partial charge in [-0.05, 0) is 49.9 Å². The Bertz CT molecular complexity index is 554. The van der Waals surface area contributed by atoms with Gasteiger partial charge >= 0.3 is 0 Å². The summed E-state index contributed by atoms with van der Waals surface area (Å²) in [5.74, 6) is 0.886. The van der Waals surface area contributed by atoms with Crippen molar-refractivity contribution in [2.24, 2.45) is 0 Å². The predicted molar refractivity (Wildman–Crippen MR) is 80.3 cm³/mol. The molecule has 0 unspecified atom stereocenters. The van der Waals surface area contributed by atoms with Gasteiger partial charge in [-0.25, -0.2) is 4.98 Å². The van der Waals surface area contributed by atoms with Crippen LogP contribution in [-0.2, 0) is 0 Å². The first-order chi connectivity index (χ1) is 9.22. The summed E-state index contributed by atoms with van der Waals surface area (Å²) in [4.78, 5) is 4.39. The molecule has 0 aliphatic carbocycles. The Morgan fingerprint density at radius 1 is 1.21 bits per heavy atom. The molecule has 4 nitrogen and oxygen atoms in total. The molecule has 1 heterocycles. The van der Waals surface area contributed by atoms with Crippen LogP contribution in [0.4, 0.5) is 11.5 Å². The third kappa shape index (κ3) is 3.35. The van der Waals surface area contributed by atoms with Crippen LogP contribution in [-0.4, -0.2) is 23.2 Å². The Hall–Kier alpha value is -1.81. The Balaban J connectivity index is 2.14. The fourth-order valence-electron chi connectivity index (χ4n) is 2.22. The summed E-state index contributed by atoms with van der Waals surface area (Å²) in [6.07, 6.45) is 4.69. The summed E-state index contributed by atoms with van der Waals surface area (Å²) in [6.45, 7) is 3.16. The number of nitrogens with two attached hydrogens (primary N) is 1. The highest BCUT2D eigenvalue weighted by molar-refractivity contribution is 5.99. The minimum absolute atomic E-state index is 0.266. The van der Waals surface area contributed by atoms with Gasteiger partial charge in [-0.3, -0.25) is 0 Å². The van der Waals surface area contributed by atoms with Crippen LogP contribution in [0.2, 0.25) is 0 Å². The highest BCUT2D eigenvalue weighted by atomic mass is 16.2. The molecule has 0 saturated carbocycles. The average Bonchev–Trinajstić information content (AvgIpc) is 2.39. The van der Waals surface area contributed by atoms with Crippen molar-refractivity contribution in [3.05, 3.63) is 30.0 Å². The molecule has 0 aliphatic heterocycles. The van der Waals surface area contributed by atoms with Crippen LogP contribution in [0.25, 0.3) is 10.8 Å². The van der Waals surface area contributed by atoms with E-state index in [2.05, 4.69) is 16.4 Å². The number of anilines is 2. The van der Waals surface area contributed by atoms with Gasteiger partial charge in [0.15, 0.2) is 0 Å². The molecule has 0 fully saturated rings. The molecule has 19 heavy (non-hydrogen) atoms. The summed E-state index contributed by atoms with van der Waals surface area (Å²) in [5.41, 5.74) is 7.97.